The van der Waals surface area contributed by atoms with E-state index in [0.29, 0.717) is 4.80 Å². The van der Waals surface area contributed by atoms with E-state index in [2.05, 4.69) is 15.2 Å². The Balaban J connectivity index is 2.02. The van der Waals surface area contributed by atoms with Crippen molar-refractivity contribution in [2.45, 2.75) is 25.0 Å². The fraction of sp³-hybridized carbons (Fsp3) is 0.455. The van der Waals surface area contributed by atoms with Crippen LogP contribution in [0.4, 0.5) is 0 Å². The summed E-state index contributed by atoms with van der Waals surface area (Å²) in [4.78, 5) is 16.5. The average Bonchev–Trinajstić information content (AvgIpc) is 2.96. The highest BCUT2D eigenvalue weighted by Crippen LogP contribution is 2.18. The van der Waals surface area contributed by atoms with E-state index in [1.54, 1.807) is 6.33 Å². The lowest BCUT2D eigenvalue weighted by atomic mass is 10.4. The maximum Gasteiger partial charge on any atom is 0.258 e. The van der Waals surface area contributed by atoms with Gasteiger partial charge in [-0.15, -0.1) is 21.5 Å². The van der Waals surface area contributed by atoms with Gasteiger partial charge in [0.2, 0.25) is 0 Å². The maximum absolute atomic E-state index is 11.8. The van der Waals surface area contributed by atoms with Gasteiger partial charge in [0.05, 0.1) is 5.75 Å². The van der Waals surface area contributed by atoms with Crippen molar-refractivity contribution in [1.29, 1.82) is 0 Å². The molecule has 8 heteroatoms. The molecule has 0 aromatic carbocycles. The van der Waals surface area contributed by atoms with Crippen molar-refractivity contribution in [2.24, 2.45) is 12.0 Å². The fourth-order valence-electron chi connectivity index (χ4n) is 1.39. The minimum Gasteiger partial charge on any atom is -0.327 e. The summed E-state index contributed by atoms with van der Waals surface area (Å²) in [6, 6.07) is 0.277. The van der Waals surface area contributed by atoms with Crippen molar-refractivity contribution in [3.8, 4) is 0 Å². The van der Waals surface area contributed by atoms with Gasteiger partial charge in [-0.2, -0.15) is 4.99 Å². The Bertz CT molecular complexity index is 625. The molecule has 0 aliphatic carbocycles. The van der Waals surface area contributed by atoms with Crippen LogP contribution in [0.2, 0.25) is 0 Å². The van der Waals surface area contributed by atoms with Crippen molar-refractivity contribution < 1.29 is 4.79 Å². The summed E-state index contributed by atoms with van der Waals surface area (Å²) >= 11 is 2.80. The zero-order chi connectivity index (χ0) is 13.8. The minimum atomic E-state index is -0.165. The quantitative estimate of drug-likeness (QED) is 0.802. The molecule has 2 aromatic heterocycles. The number of thioether (sulfide) groups is 1. The van der Waals surface area contributed by atoms with E-state index < -0.39 is 0 Å². The van der Waals surface area contributed by atoms with E-state index in [1.165, 1.54) is 23.1 Å². The SMILES string of the molecule is CC(C)n1cnnc1SCC(=O)N=c1sccn1C. The predicted octanol–water partition coefficient (Wildman–Crippen LogP) is 1.48. The number of carbonyl (C=O) groups is 1. The van der Waals surface area contributed by atoms with E-state index in [0.717, 1.165) is 5.16 Å². The highest BCUT2D eigenvalue weighted by atomic mass is 32.2. The molecule has 0 fully saturated rings. The molecular formula is C11H15N5OS2. The zero-order valence-electron chi connectivity index (χ0n) is 11.0. The molecule has 19 heavy (non-hydrogen) atoms. The lowest BCUT2D eigenvalue weighted by molar-refractivity contribution is -0.115. The maximum atomic E-state index is 11.8. The fourth-order valence-corrected chi connectivity index (χ4v) is 2.97. The van der Waals surface area contributed by atoms with Crippen molar-refractivity contribution in [3.63, 3.8) is 0 Å². The first-order chi connectivity index (χ1) is 9.08. The third kappa shape index (κ3) is 3.54. The molecule has 2 aromatic rings. The first-order valence-corrected chi connectivity index (χ1v) is 7.64. The van der Waals surface area contributed by atoms with Gasteiger partial charge in [-0.1, -0.05) is 11.8 Å². The Labute approximate surface area is 119 Å². The average molecular weight is 297 g/mol. The highest BCUT2D eigenvalue weighted by Gasteiger charge is 2.10. The summed E-state index contributed by atoms with van der Waals surface area (Å²) in [6.45, 7) is 4.09. The summed E-state index contributed by atoms with van der Waals surface area (Å²) in [7, 11) is 1.87. The normalized spacial score (nSPS) is 12.3. The van der Waals surface area contributed by atoms with Crippen molar-refractivity contribution in [2.75, 3.05) is 5.75 Å². The van der Waals surface area contributed by atoms with Crippen molar-refractivity contribution in [1.82, 2.24) is 19.3 Å². The monoisotopic (exact) mass is 297 g/mol. The third-order valence-electron chi connectivity index (χ3n) is 2.40. The van der Waals surface area contributed by atoms with Crippen LogP contribution < -0.4 is 4.80 Å². The molecule has 1 amide bonds. The molecule has 2 heterocycles. The number of carbonyl (C=O) groups excluding carboxylic acids is 1. The molecular weight excluding hydrogens is 282 g/mol. The molecule has 0 spiro atoms. The van der Waals surface area contributed by atoms with Gasteiger partial charge in [-0.3, -0.25) is 4.79 Å². The number of thiazole rings is 1. The van der Waals surface area contributed by atoms with Gasteiger partial charge >= 0.3 is 0 Å². The van der Waals surface area contributed by atoms with Gasteiger partial charge in [0.25, 0.3) is 5.91 Å². The summed E-state index contributed by atoms with van der Waals surface area (Å²) in [5.41, 5.74) is 0. The second-order valence-corrected chi connectivity index (χ2v) is 6.02. The van der Waals surface area contributed by atoms with Crippen LogP contribution >= 0.6 is 23.1 Å². The molecule has 0 bridgehead atoms. The summed E-state index contributed by atoms with van der Waals surface area (Å²) < 4.78 is 3.76. The Morgan fingerprint density at radius 1 is 1.58 bits per heavy atom. The van der Waals surface area contributed by atoms with Crippen molar-refractivity contribution >= 4 is 29.0 Å². The Morgan fingerprint density at radius 2 is 2.37 bits per heavy atom. The molecule has 0 saturated carbocycles. The van der Waals surface area contributed by atoms with Gasteiger partial charge in [-0.25, -0.2) is 0 Å². The number of aromatic nitrogens is 4. The standard InChI is InChI=1S/C11H15N5OS2/c1-8(2)16-7-12-14-11(16)19-6-9(17)13-10-15(3)4-5-18-10/h4-5,7-8H,6H2,1-3H3. The van der Waals surface area contributed by atoms with Crippen LogP contribution in [0, 0.1) is 0 Å². The number of aryl methyl sites for hydroxylation is 1. The van der Waals surface area contributed by atoms with Gasteiger partial charge in [0.1, 0.15) is 6.33 Å². The molecule has 0 atom stereocenters. The number of hydrogen-bond acceptors (Lipinski definition) is 5. The van der Waals surface area contributed by atoms with Crippen LogP contribution in [-0.2, 0) is 11.8 Å². The van der Waals surface area contributed by atoms with Crippen LogP contribution in [0.5, 0.6) is 0 Å². The lowest BCUT2D eigenvalue weighted by Gasteiger charge is -2.08. The largest absolute Gasteiger partial charge is 0.327 e. The molecule has 2 rings (SSSR count). The van der Waals surface area contributed by atoms with Crippen LogP contribution in [0.15, 0.2) is 28.1 Å². The molecule has 6 nitrogen and oxygen atoms in total. The van der Waals surface area contributed by atoms with E-state index in [1.807, 2.05) is 41.6 Å². The zero-order valence-corrected chi connectivity index (χ0v) is 12.6. The first kappa shape index (κ1) is 14.0. The number of amides is 1. The smallest absolute Gasteiger partial charge is 0.258 e. The van der Waals surface area contributed by atoms with Gasteiger partial charge in [0.15, 0.2) is 9.96 Å². The van der Waals surface area contributed by atoms with Crippen molar-refractivity contribution in [3.05, 3.63) is 22.7 Å². The first-order valence-electron chi connectivity index (χ1n) is 5.78. The van der Waals surface area contributed by atoms with Crippen LogP contribution in [-0.4, -0.2) is 31.0 Å². The Hall–Kier alpha value is -1.41. The summed E-state index contributed by atoms with van der Waals surface area (Å²) in [5, 5.41) is 10.5. The third-order valence-corrected chi connectivity index (χ3v) is 4.19. The Morgan fingerprint density at radius 3 is 3.00 bits per heavy atom. The highest BCUT2D eigenvalue weighted by molar-refractivity contribution is 7.99. The van der Waals surface area contributed by atoms with Gasteiger partial charge in [-0.05, 0) is 13.8 Å². The summed E-state index contributed by atoms with van der Waals surface area (Å²) in [6.07, 6.45) is 3.55. The van der Waals surface area contributed by atoms with Gasteiger partial charge < -0.3 is 9.13 Å². The van der Waals surface area contributed by atoms with E-state index >= 15 is 0 Å². The minimum absolute atomic E-state index is 0.165. The molecule has 0 aliphatic rings. The summed E-state index contributed by atoms with van der Waals surface area (Å²) in [5.74, 6) is 0.102. The predicted molar refractivity (Wildman–Crippen MR) is 75.0 cm³/mol. The Kier molecular flexibility index (Phi) is 4.54. The van der Waals surface area contributed by atoms with Crippen LogP contribution in [0.1, 0.15) is 19.9 Å². The molecule has 0 saturated heterocycles. The van der Waals surface area contributed by atoms with Gasteiger partial charge in [0, 0.05) is 24.7 Å². The molecule has 0 N–H and O–H groups in total. The molecule has 0 unspecified atom stereocenters. The van der Waals surface area contributed by atoms with E-state index in [4.69, 9.17) is 0 Å². The van der Waals surface area contributed by atoms with E-state index in [9.17, 15) is 4.79 Å². The molecule has 0 radical (unpaired) electrons. The van der Waals surface area contributed by atoms with Crippen LogP contribution in [0.3, 0.4) is 0 Å². The van der Waals surface area contributed by atoms with E-state index in [-0.39, 0.29) is 17.7 Å². The van der Waals surface area contributed by atoms with Crippen LogP contribution in [0.25, 0.3) is 0 Å². The lowest BCUT2D eigenvalue weighted by Crippen LogP contribution is -2.13. The number of nitrogens with zero attached hydrogens (tertiary/aromatic N) is 5. The second-order valence-electron chi connectivity index (χ2n) is 4.21. The second kappa shape index (κ2) is 6.16. The molecule has 0 aliphatic heterocycles. The number of hydrogen-bond donors (Lipinski definition) is 0. The number of rotatable bonds is 4. The topological polar surface area (TPSA) is 65.1 Å². The molecule has 102 valence electrons.